The third-order valence-corrected chi connectivity index (χ3v) is 8.36. The van der Waals surface area contributed by atoms with Gasteiger partial charge in [0.1, 0.15) is 11.4 Å². The zero-order valence-electron chi connectivity index (χ0n) is 24.4. The number of alkyl halides is 2. The summed E-state index contributed by atoms with van der Waals surface area (Å²) in [6.45, 7) is 3.15. The average molecular weight is 598 g/mol. The van der Waals surface area contributed by atoms with Crippen molar-refractivity contribution in [2.24, 2.45) is 13.0 Å². The Morgan fingerprint density at radius 2 is 2.05 bits per heavy atom. The van der Waals surface area contributed by atoms with Crippen LogP contribution in [0.4, 0.5) is 30.5 Å². The zero-order chi connectivity index (χ0) is 30.5. The summed E-state index contributed by atoms with van der Waals surface area (Å²) in [5.74, 6) is -3.45. The minimum Gasteiger partial charge on any atom is -0.478 e. The van der Waals surface area contributed by atoms with Crippen LogP contribution >= 0.6 is 0 Å². The second kappa shape index (κ2) is 11.2. The van der Waals surface area contributed by atoms with Crippen LogP contribution in [0.3, 0.4) is 0 Å². The Labute approximate surface area is 246 Å². The molecule has 2 aliphatic rings. The van der Waals surface area contributed by atoms with Crippen LogP contribution in [0, 0.1) is 11.7 Å². The van der Waals surface area contributed by atoms with Crippen molar-refractivity contribution in [2.45, 2.75) is 37.8 Å². The number of para-hydroxylation sites is 1. The fourth-order valence-electron chi connectivity index (χ4n) is 6.18. The van der Waals surface area contributed by atoms with Gasteiger partial charge in [-0.1, -0.05) is 19.1 Å². The summed E-state index contributed by atoms with van der Waals surface area (Å²) in [6.07, 6.45) is 4.68. The van der Waals surface area contributed by atoms with E-state index in [-0.39, 0.29) is 23.6 Å². The molecule has 0 aliphatic carbocycles. The molecule has 5 heterocycles. The Kier molecular flexibility index (Phi) is 7.50. The summed E-state index contributed by atoms with van der Waals surface area (Å²) in [6, 6.07) is 4.05. The number of amides is 1. The molecule has 0 spiro atoms. The first-order valence-electron chi connectivity index (χ1n) is 14.1. The molecule has 0 radical (unpaired) electrons. The molecule has 43 heavy (non-hydrogen) atoms. The lowest BCUT2D eigenvalue weighted by Gasteiger charge is -2.42. The van der Waals surface area contributed by atoms with Gasteiger partial charge in [0.2, 0.25) is 11.9 Å². The van der Waals surface area contributed by atoms with Crippen molar-refractivity contribution in [1.82, 2.24) is 34.5 Å². The Morgan fingerprint density at radius 3 is 2.84 bits per heavy atom. The maximum absolute atomic E-state index is 15.1. The first-order chi connectivity index (χ1) is 20.5. The number of hydrogen-bond acceptors (Lipinski definition) is 8. The number of aromatic nitrogens is 5. The van der Waals surface area contributed by atoms with Gasteiger partial charge in [0.25, 0.3) is 11.8 Å². The number of piperidine rings is 1. The number of anilines is 3. The number of H-pyrrole nitrogens is 1. The molecule has 3 aromatic heterocycles. The number of likely N-dealkylation sites (tertiary alicyclic amines) is 2. The highest BCUT2D eigenvalue weighted by Gasteiger charge is 2.51. The molecular formula is C29H34F3N9O2. The Bertz CT molecular complexity index is 1660. The van der Waals surface area contributed by atoms with Crippen LogP contribution in [0.5, 0.6) is 5.88 Å². The van der Waals surface area contributed by atoms with E-state index in [1.165, 1.54) is 7.11 Å². The van der Waals surface area contributed by atoms with Crippen molar-refractivity contribution >= 4 is 34.1 Å². The van der Waals surface area contributed by atoms with E-state index in [1.807, 2.05) is 7.05 Å². The Balaban J connectivity index is 1.27. The molecule has 1 aromatic carbocycles. The number of likely N-dealkylation sites (N-methyl/N-ethyl adjacent to an activating group) is 1. The number of rotatable bonds is 7. The van der Waals surface area contributed by atoms with Crippen molar-refractivity contribution in [3.05, 3.63) is 42.6 Å². The van der Waals surface area contributed by atoms with Gasteiger partial charge in [-0.15, -0.1) is 5.10 Å². The standard InChI is InChI=1S/C29H34F3N9O2/c1-16-8-9-39(2)14-23(16)41-15-29(31,32)10-22(41)26(42)35-20-7-5-6-17-18(11-33-25(17)20)24-19(30)12-34-28(37-24)36-21-13-40(3)38-27(21)43-4/h5-7,11-13,16,22-23,33H,8-10,14-15H2,1-4H3,(H,35,42)(H,34,36,37)/t16?,22?,23-/m1/s1. The number of hydrogen-bond donors (Lipinski definition) is 3. The Morgan fingerprint density at radius 1 is 1.23 bits per heavy atom. The lowest BCUT2D eigenvalue weighted by atomic mass is 9.92. The first kappa shape index (κ1) is 28.9. The number of carbonyl (C=O) groups excluding carboxylic acids is 1. The Hall–Kier alpha value is -4.17. The largest absolute Gasteiger partial charge is 0.478 e. The van der Waals surface area contributed by atoms with Crippen LogP contribution in [0.15, 0.2) is 36.8 Å². The summed E-state index contributed by atoms with van der Waals surface area (Å²) >= 11 is 0. The van der Waals surface area contributed by atoms with E-state index in [0.717, 1.165) is 19.2 Å². The summed E-state index contributed by atoms with van der Waals surface area (Å²) in [5.41, 5.74) is 1.92. The maximum Gasteiger partial charge on any atom is 0.262 e. The van der Waals surface area contributed by atoms with Gasteiger partial charge in [0, 0.05) is 43.2 Å². The number of methoxy groups -OCH3 is 1. The fraction of sp³-hybridized carbons (Fsp3) is 0.448. The maximum atomic E-state index is 15.1. The molecule has 2 aliphatic heterocycles. The van der Waals surface area contributed by atoms with E-state index in [9.17, 15) is 13.6 Å². The smallest absolute Gasteiger partial charge is 0.262 e. The predicted octanol–water partition coefficient (Wildman–Crippen LogP) is 4.24. The molecule has 0 bridgehead atoms. The van der Waals surface area contributed by atoms with E-state index in [2.05, 4.69) is 42.5 Å². The van der Waals surface area contributed by atoms with Crippen LogP contribution < -0.4 is 15.4 Å². The number of ether oxygens (including phenoxy) is 1. The van der Waals surface area contributed by atoms with Gasteiger partial charge >= 0.3 is 0 Å². The SMILES string of the molecule is COc1nn(C)cc1Nc1ncc(F)c(-c2c[nH]c3c(NC(=O)C4CC(F)(F)CN4[C@@H]4CN(C)CCC4C)cccc23)n1. The number of aromatic amines is 1. The number of nitrogens with zero attached hydrogens (tertiary/aromatic N) is 6. The molecule has 2 unspecified atom stereocenters. The lowest BCUT2D eigenvalue weighted by molar-refractivity contribution is -0.122. The summed E-state index contributed by atoms with van der Waals surface area (Å²) in [4.78, 5) is 28.9. The zero-order valence-corrected chi connectivity index (χ0v) is 24.4. The quantitative estimate of drug-likeness (QED) is 0.290. The number of fused-ring (bicyclic) bond motifs is 1. The van der Waals surface area contributed by atoms with E-state index >= 15 is 4.39 Å². The van der Waals surface area contributed by atoms with Crippen LogP contribution in [0.2, 0.25) is 0 Å². The van der Waals surface area contributed by atoms with E-state index in [4.69, 9.17) is 4.74 Å². The molecule has 3 atom stereocenters. The van der Waals surface area contributed by atoms with Crippen LogP contribution in [-0.4, -0.2) is 92.2 Å². The van der Waals surface area contributed by atoms with Crippen LogP contribution in [0.1, 0.15) is 19.8 Å². The molecule has 0 saturated carbocycles. The number of halogens is 3. The number of nitrogens with one attached hydrogen (secondary N) is 3. The third-order valence-electron chi connectivity index (χ3n) is 8.36. The van der Waals surface area contributed by atoms with Crippen molar-refractivity contribution in [2.75, 3.05) is 44.4 Å². The van der Waals surface area contributed by atoms with Crippen molar-refractivity contribution in [3.63, 3.8) is 0 Å². The average Bonchev–Trinajstić information content (AvgIpc) is 3.65. The van der Waals surface area contributed by atoms with Crippen molar-refractivity contribution in [1.29, 1.82) is 0 Å². The highest BCUT2D eigenvalue weighted by molar-refractivity contribution is 6.06. The monoisotopic (exact) mass is 597 g/mol. The highest BCUT2D eigenvalue weighted by Crippen LogP contribution is 2.38. The van der Waals surface area contributed by atoms with Gasteiger partial charge in [0.15, 0.2) is 5.82 Å². The highest BCUT2D eigenvalue weighted by atomic mass is 19.3. The molecule has 6 rings (SSSR count). The lowest BCUT2D eigenvalue weighted by Crippen LogP contribution is -2.55. The molecule has 14 heteroatoms. The molecule has 11 nitrogen and oxygen atoms in total. The van der Waals surface area contributed by atoms with Gasteiger partial charge in [0.05, 0.1) is 43.3 Å². The third kappa shape index (κ3) is 5.64. The summed E-state index contributed by atoms with van der Waals surface area (Å²) < 4.78 is 51.3. The number of carbonyl (C=O) groups is 1. The predicted molar refractivity (Wildman–Crippen MR) is 156 cm³/mol. The minimum absolute atomic E-state index is 0.0344. The molecule has 228 valence electrons. The summed E-state index contributed by atoms with van der Waals surface area (Å²) in [5, 5.41) is 10.7. The normalized spacial score (nSPS) is 22.6. The van der Waals surface area contributed by atoms with E-state index in [0.29, 0.717) is 40.3 Å². The van der Waals surface area contributed by atoms with Crippen molar-refractivity contribution in [3.8, 4) is 17.1 Å². The van der Waals surface area contributed by atoms with Crippen molar-refractivity contribution < 1.29 is 22.7 Å². The van der Waals surface area contributed by atoms with Gasteiger partial charge < -0.3 is 25.3 Å². The topological polar surface area (TPSA) is 116 Å². The van der Waals surface area contributed by atoms with Gasteiger partial charge in [-0.2, -0.15) is 0 Å². The molecular weight excluding hydrogens is 563 g/mol. The molecule has 2 saturated heterocycles. The van der Waals surface area contributed by atoms with E-state index in [1.54, 1.807) is 47.2 Å². The van der Waals surface area contributed by atoms with Gasteiger partial charge in [-0.25, -0.2) is 23.1 Å². The summed E-state index contributed by atoms with van der Waals surface area (Å²) in [7, 11) is 5.19. The van der Waals surface area contributed by atoms with Gasteiger partial charge in [-0.3, -0.25) is 14.4 Å². The molecule has 3 N–H and O–H groups in total. The van der Waals surface area contributed by atoms with Crippen LogP contribution in [-0.2, 0) is 11.8 Å². The molecule has 4 aromatic rings. The fourth-order valence-corrected chi connectivity index (χ4v) is 6.18. The second-order valence-corrected chi connectivity index (χ2v) is 11.5. The first-order valence-corrected chi connectivity index (χ1v) is 14.1. The van der Waals surface area contributed by atoms with Gasteiger partial charge in [-0.05, 0) is 32.0 Å². The molecule has 2 fully saturated rings. The number of benzene rings is 1. The number of aryl methyl sites for hydroxylation is 1. The molecule has 1 amide bonds. The minimum atomic E-state index is -2.96. The van der Waals surface area contributed by atoms with E-state index < -0.39 is 36.7 Å². The second-order valence-electron chi connectivity index (χ2n) is 11.5. The van der Waals surface area contributed by atoms with Crippen LogP contribution in [0.25, 0.3) is 22.2 Å².